The van der Waals surface area contributed by atoms with Crippen LogP contribution in [0.25, 0.3) is 0 Å². The SMILES string of the molecule is O=C(c1ccncc1F)N1CCc2ncnc(N3CC=CC3)c2CC1. The average molecular weight is 339 g/mol. The molecule has 0 saturated carbocycles. The van der Waals surface area contributed by atoms with E-state index in [2.05, 4.69) is 32.0 Å². The van der Waals surface area contributed by atoms with Crippen molar-refractivity contribution >= 4 is 11.7 Å². The summed E-state index contributed by atoms with van der Waals surface area (Å²) in [6, 6.07) is 1.43. The van der Waals surface area contributed by atoms with Gasteiger partial charge in [0.1, 0.15) is 12.1 Å². The molecule has 7 heteroatoms. The first-order chi connectivity index (χ1) is 12.2. The van der Waals surface area contributed by atoms with Crippen LogP contribution in [0.4, 0.5) is 10.2 Å². The fourth-order valence-electron chi connectivity index (χ4n) is 3.35. The lowest BCUT2D eigenvalue weighted by molar-refractivity contribution is 0.0758. The number of carbonyl (C=O) groups excluding carboxylic acids is 1. The van der Waals surface area contributed by atoms with Gasteiger partial charge >= 0.3 is 0 Å². The number of rotatable bonds is 2. The Kier molecular flexibility index (Phi) is 4.13. The summed E-state index contributed by atoms with van der Waals surface area (Å²) in [5.41, 5.74) is 2.13. The molecule has 1 amide bonds. The van der Waals surface area contributed by atoms with Crippen molar-refractivity contribution < 1.29 is 9.18 Å². The molecule has 4 rings (SSSR count). The zero-order valence-corrected chi connectivity index (χ0v) is 13.7. The van der Waals surface area contributed by atoms with Crippen LogP contribution in [0.2, 0.25) is 0 Å². The van der Waals surface area contributed by atoms with E-state index in [1.54, 1.807) is 11.2 Å². The van der Waals surface area contributed by atoms with E-state index >= 15 is 0 Å². The predicted octanol–water partition coefficient (Wildman–Crippen LogP) is 1.63. The zero-order chi connectivity index (χ0) is 17.2. The van der Waals surface area contributed by atoms with Crippen LogP contribution in [-0.4, -0.2) is 51.9 Å². The Morgan fingerprint density at radius 2 is 1.92 bits per heavy atom. The Morgan fingerprint density at radius 3 is 2.72 bits per heavy atom. The van der Waals surface area contributed by atoms with Gasteiger partial charge in [-0.15, -0.1) is 0 Å². The summed E-state index contributed by atoms with van der Waals surface area (Å²) in [6.45, 7) is 2.72. The highest BCUT2D eigenvalue weighted by molar-refractivity contribution is 5.94. The van der Waals surface area contributed by atoms with Crippen LogP contribution in [0.5, 0.6) is 0 Å². The molecule has 0 aliphatic carbocycles. The molecule has 0 bridgehead atoms. The van der Waals surface area contributed by atoms with Crippen LogP contribution in [0.1, 0.15) is 21.6 Å². The summed E-state index contributed by atoms with van der Waals surface area (Å²) in [5, 5.41) is 0. The molecule has 0 radical (unpaired) electrons. The minimum atomic E-state index is -0.585. The molecule has 0 N–H and O–H groups in total. The smallest absolute Gasteiger partial charge is 0.256 e. The number of halogens is 1. The van der Waals surface area contributed by atoms with Gasteiger partial charge in [0.2, 0.25) is 0 Å². The fourth-order valence-corrected chi connectivity index (χ4v) is 3.35. The van der Waals surface area contributed by atoms with Gasteiger partial charge < -0.3 is 9.80 Å². The molecule has 0 saturated heterocycles. The highest BCUT2D eigenvalue weighted by Crippen LogP contribution is 2.25. The first-order valence-corrected chi connectivity index (χ1v) is 8.35. The molecular formula is C18H18FN5O. The Hall–Kier alpha value is -2.83. The van der Waals surface area contributed by atoms with E-state index in [4.69, 9.17) is 0 Å². The first-order valence-electron chi connectivity index (χ1n) is 8.35. The molecule has 4 heterocycles. The lowest BCUT2D eigenvalue weighted by atomic mass is 10.1. The van der Waals surface area contributed by atoms with Crippen molar-refractivity contribution in [1.82, 2.24) is 19.9 Å². The number of hydrogen-bond acceptors (Lipinski definition) is 5. The maximum Gasteiger partial charge on any atom is 0.256 e. The summed E-state index contributed by atoms with van der Waals surface area (Å²) in [7, 11) is 0. The summed E-state index contributed by atoms with van der Waals surface area (Å²) >= 11 is 0. The maximum atomic E-state index is 13.9. The summed E-state index contributed by atoms with van der Waals surface area (Å²) in [4.78, 5) is 29.1. The number of hydrogen-bond donors (Lipinski definition) is 0. The first kappa shape index (κ1) is 15.7. The number of amides is 1. The molecule has 128 valence electrons. The Labute approximate surface area is 145 Å². The van der Waals surface area contributed by atoms with Gasteiger partial charge in [0.15, 0.2) is 5.82 Å². The van der Waals surface area contributed by atoms with Crippen molar-refractivity contribution in [3.63, 3.8) is 0 Å². The molecule has 2 aromatic rings. The third kappa shape index (κ3) is 2.97. The van der Waals surface area contributed by atoms with Crippen molar-refractivity contribution in [3.05, 3.63) is 59.6 Å². The van der Waals surface area contributed by atoms with Gasteiger partial charge in [-0.2, -0.15) is 0 Å². The molecule has 0 unspecified atom stereocenters. The molecule has 0 aromatic carbocycles. The van der Waals surface area contributed by atoms with Crippen LogP contribution in [0, 0.1) is 5.82 Å². The van der Waals surface area contributed by atoms with Crippen LogP contribution >= 0.6 is 0 Å². The Morgan fingerprint density at radius 1 is 1.12 bits per heavy atom. The number of fused-ring (bicyclic) bond motifs is 1. The van der Waals surface area contributed by atoms with Crippen molar-refractivity contribution in [2.75, 3.05) is 31.1 Å². The lowest BCUT2D eigenvalue weighted by Gasteiger charge is -2.21. The number of aromatic nitrogens is 3. The Bertz CT molecular complexity index is 830. The van der Waals surface area contributed by atoms with Crippen molar-refractivity contribution in [2.45, 2.75) is 12.8 Å². The van der Waals surface area contributed by atoms with Gasteiger partial charge in [0.05, 0.1) is 17.5 Å². The van der Waals surface area contributed by atoms with Crippen LogP contribution in [-0.2, 0) is 12.8 Å². The second kappa shape index (κ2) is 6.58. The van der Waals surface area contributed by atoms with Crippen LogP contribution < -0.4 is 4.90 Å². The molecule has 6 nitrogen and oxygen atoms in total. The average Bonchev–Trinajstić information content (AvgIpc) is 3.08. The molecule has 0 fully saturated rings. The summed E-state index contributed by atoms with van der Waals surface area (Å²) < 4.78 is 13.9. The standard InChI is InChI=1S/C18H18FN5O/c19-15-11-20-6-3-13(15)18(25)24-9-4-14-16(5-10-24)21-12-22-17(14)23-7-1-2-8-23/h1-3,6,11-12H,4-5,7-10H2. The van der Waals surface area contributed by atoms with Crippen molar-refractivity contribution in [3.8, 4) is 0 Å². The molecular weight excluding hydrogens is 321 g/mol. The number of pyridine rings is 1. The summed E-state index contributed by atoms with van der Waals surface area (Å²) in [5.74, 6) is 0.0577. The minimum absolute atomic E-state index is 0.0657. The monoisotopic (exact) mass is 339 g/mol. The van der Waals surface area contributed by atoms with Crippen molar-refractivity contribution in [2.24, 2.45) is 0 Å². The van der Waals surface area contributed by atoms with Gasteiger partial charge in [0, 0.05) is 44.4 Å². The topological polar surface area (TPSA) is 62.2 Å². The van der Waals surface area contributed by atoms with Gasteiger partial charge in [0.25, 0.3) is 5.91 Å². The second-order valence-corrected chi connectivity index (χ2v) is 6.15. The predicted molar refractivity (Wildman–Crippen MR) is 90.9 cm³/mol. The Balaban J connectivity index is 1.57. The number of anilines is 1. The zero-order valence-electron chi connectivity index (χ0n) is 13.7. The van der Waals surface area contributed by atoms with Gasteiger partial charge in [-0.3, -0.25) is 9.78 Å². The van der Waals surface area contributed by atoms with Crippen molar-refractivity contribution in [1.29, 1.82) is 0 Å². The third-order valence-corrected chi connectivity index (χ3v) is 4.67. The fraction of sp³-hybridized carbons (Fsp3) is 0.333. The van der Waals surface area contributed by atoms with Gasteiger partial charge in [-0.05, 0) is 12.5 Å². The second-order valence-electron chi connectivity index (χ2n) is 6.15. The van der Waals surface area contributed by atoms with E-state index < -0.39 is 5.82 Å². The number of carbonyl (C=O) groups is 1. The molecule has 2 aliphatic rings. The lowest BCUT2D eigenvalue weighted by Crippen LogP contribution is -2.34. The van der Waals surface area contributed by atoms with Crippen LogP contribution in [0.3, 0.4) is 0 Å². The molecule has 25 heavy (non-hydrogen) atoms. The van der Waals surface area contributed by atoms with E-state index in [0.29, 0.717) is 25.9 Å². The van der Waals surface area contributed by atoms with Gasteiger partial charge in [-0.25, -0.2) is 14.4 Å². The van der Waals surface area contributed by atoms with Gasteiger partial charge in [-0.1, -0.05) is 12.2 Å². The van der Waals surface area contributed by atoms with E-state index in [1.807, 2.05) is 0 Å². The minimum Gasteiger partial charge on any atom is -0.349 e. The molecule has 2 aromatic heterocycles. The molecule has 0 spiro atoms. The van der Waals surface area contributed by atoms with E-state index in [0.717, 1.165) is 36.4 Å². The van der Waals surface area contributed by atoms with E-state index in [1.165, 1.54) is 12.3 Å². The summed E-state index contributed by atoms with van der Waals surface area (Å²) in [6.07, 6.45) is 9.65. The number of nitrogens with zero attached hydrogens (tertiary/aromatic N) is 5. The largest absolute Gasteiger partial charge is 0.349 e. The highest BCUT2D eigenvalue weighted by atomic mass is 19.1. The normalized spacial score (nSPS) is 16.7. The molecule has 0 atom stereocenters. The van der Waals surface area contributed by atoms with E-state index in [-0.39, 0.29) is 11.5 Å². The quantitative estimate of drug-likeness (QED) is 0.778. The third-order valence-electron chi connectivity index (χ3n) is 4.67. The van der Waals surface area contributed by atoms with Crippen LogP contribution in [0.15, 0.2) is 36.9 Å². The maximum absolute atomic E-state index is 13.9. The highest BCUT2D eigenvalue weighted by Gasteiger charge is 2.25. The molecule has 2 aliphatic heterocycles. The van der Waals surface area contributed by atoms with E-state index in [9.17, 15) is 9.18 Å².